The number of halogens is 3. The molecule has 0 aliphatic carbocycles. The molecule has 0 saturated carbocycles. The number of Topliss-reactive ketones (excluding diaryl/α,β-unsaturated/α-hetero) is 1. The van der Waals surface area contributed by atoms with Gasteiger partial charge in [0.15, 0.2) is 11.5 Å². The number of ketones is 1. The van der Waals surface area contributed by atoms with E-state index in [-0.39, 0.29) is 18.3 Å². The molecule has 1 aromatic heterocycles. The van der Waals surface area contributed by atoms with Gasteiger partial charge in [0.1, 0.15) is 17.3 Å². The summed E-state index contributed by atoms with van der Waals surface area (Å²) in [6.45, 7) is 3.91. The van der Waals surface area contributed by atoms with Crippen LogP contribution < -0.4 is 4.74 Å². The molecule has 2 rings (SSSR count). The Balaban J connectivity index is 2.39. The number of hydrogen-bond donors (Lipinski definition) is 0. The van der Waals surface area contributed by atoms with Crippen molar-refractivity contribution in [3.63, 3.8) is 0 Å². The molecular weight excluding hydrogens is 421 g/mol. The molecule has 0 N–H and O–H groups in total. The van der Waals surface area contributed by atoms with E-state index in [9.17, 15) is 4.79 Å². The number of carbonyl (C=O) groups excluding carboxylic acids is 1. The predicted octanol–water partition coefficient (Wildman–Crippen LogP) is 5.41. The van der Waals surface area contributed by atoms with Gasteiger partial charge in [-0.2, -0.15) is 0 Å². The highest BCUT2D eigenvalue weighted by Crippen LogP contribution is 2.38. The van der Waals surface area contributed by atoms with Crippen LogP contribution in [-0.4, -0.2) is 17.4 Å². The number of aromatic nitrogens is 1. The summed E-state index contributed by atoms with van der Waals surface area (Å²) in [6.07, 6.45) is 0.800. The van der Waals surface area contributed by atoms with Crippen molar-refractivity contribution in [3.05, 3.63) is 32.3 Å². The molecule has 2 aromatic rings. The Morgan fingerprint density at radius 1 is 1.38 bits per heavy atom. The summed E-state index contributed by atoms with van der Waals surface area (Å²) in [4.78, 5) is 16.2. The fraction of sp³-hybridized carbons (Fsp3) is 0.333. The van der Waals surface area contributed by atoms with E-state index in [2.05, 4.69) is 36.8 Å². The molecule has 1 atom stereocenters. The number of ether oxygens (including phenoxy) is 1. The second-order valence-corrected chi connectivity index (χ2v) is 6.86. The predicted molar refractivity (Wildman–Crippen MR) is 92.1 cm³/mol. The number of nitrogens with zero attached hydrogens (tertiary/aromatic N) is 1. The van der Waals surface area contributed by atoms with E-state index < -0.39 is 0 Å². The second kappa shape index (κ2) is 7.07. The normalized spacial score (nSPS) is 12.4. The summed E-state index contributed by atoms with van der Waals surface area (Å²) >= 11 is 12.9. The molecule has 3 nitrogen and oxygen atoms in total. The van der Waals surface area contributed by atoms with Crippen molar-refractivity contribution < 1.29 is 9.53 Å². The molecule has 1 aromatic carbocycles. The van der Waals surface area contributed by atoms with E-state index in [4.69, 9.17) is 16.3 Å². The molecule has 1 heterocycles. The highest BCUT2D eigenvalue weighted by Gasteiger charge is 2.16. The van der Waals surface area contributed by atoms with Crippen molar-refractivity contribution in [2.75, 3.05) is 6.61 Å². The van der Waals surface area contributed by atoms with Gasteiger partial charge in [0.2, 0.25) is 0 Å². The largest absolute Gasteiger partial charge is 0.482 e. The van der Waals surface area contributed by atoms with Crippen LogP contribution in [-0.2, 0) is 4.79 Å². The van der Waals surface area contributed by atoms with Crippen LogP contribution >= 0.6 is 43.5 Å². The monoisotopic (exact) mass is 433 g/mol. The van der Waals surface area contributed by atoms with Crippen molar-refractivity contribution in [3.8, 4) is 5.75 Å². The lowest BCUT2D eigenvalue weighted by Crippen LogP contribution is -2.19. The van der Waals surface area contributed by atoms with Crippen molar-refractivity contribution >= 4 is 60.1 Å². The third-order valence-corrected chi connectivity index (χ3v) is 4.78. The van der Waals surface area contributed by atoms with Crippen LogP contribution in [0.15, 0.2) is 27.1 Å². The van der Waals surface area contributed by atoms with Crippen LogP contribution in [0.5, 0.6) is 5.75 Å². The van der Waals surface area contributed by atoms with Gasteiger partial charge >= 0.3 is 0 Å². The Hall–Kier alpha value is -0.650. The van der Waals surface area contributed by atoms with Crippen LogP contribution in [0.3, 0.4) is 0 Å². The zero-order chi connectivity index (χ0) is 15.6. The van der Waals surface area contributed by atoms with Gasteiger partial charge in [-0.15, -0.1) is 0 Å². The fourth-order valence-electron chi connectivity index (χ4n) is 1.82. The Morgan fingerprint density at radius 2 is 2.10 bits per heavy atom. The van der Waals surface area contributed by atoms with E-state index in [0.717, 1.165) is 20.8 Å². The van der Waals surface area contributed by atoms with Crippen molar-refractivity contribution in [2.45, 2.75) is 20.3 Å². The SMILES string of the molecule is CCC(C)C(=O)COc1c(Br)cc(Br)c2ccc(Cl)nc12. The molecule has 0 saturated heterocycles. The molecule has 0 amide bonds. The molecule has 0 aliphatic rings. The third-order valence-electron chi connectivity index (χ3n) is 3.32. The zero-order valence-electron chi connectivity index (χ0n) is 11.6. The summed E-state index contributed by atoms with van der Waals surface area (Å²) in [5.74, 6) is 0.594. The van der Waals surface area contributed by atoms with Gasteiger partial charge in [0.25, 0.3) is 0 Å². The molecule has 0 radical (unpaired) electrons. The Kier molecular flexibility index (Phi) is 5.63. The lowest BCUT2D eigenvalue weighted by molar-refractivity contribution is -0.124. The first-order valence-electron chi connectivity index (χ1n) is 6.53. The molecule has 0 fully saturated rings. The second-order valence-electron chi connectivity index (χ2n) is 4.76. The van der Waals surface area contributed by atoms with Crippen LogP contribution in [0, 0.1) is 5.92 Å². The zero-order valence-corrected chi connectivity index (χ0v) is 15.5. The highest BCUT2D eigenvalue weighted by atomic mass is 79.9. The minimum Gasteiger partial charge on any atom is -0.482 e. The van der Waals surface area contributed by atoms with Gasteiger partial charge in [-0.3, -0.25) is 4.79 Å². The molecule has 0 spiro atoms. The first-order valence-corrected chi connectivity index (χ1v) is 8.50. The van der Waals surface area contributed by atoms with Crippen LogP contribution in [0.2, 0.25) is 5.15 Å². The van der Waals surface area contributed by atoms with Crippen molar-refractivity contribution in [2.24, 2.45) is 5.92 Å². The van der Waals surface area contributed by atoms with Crippen LogP contribution in [0.25, 0.3) is 10.9 Å². The number of carbonyl (C=O) groups is 1. The molecule has 1 unspecified atom stereocenters. The summed E-state index contributed by atoms with van der Waals surface area (Å²) in [5, 5.41) is 1.26. The smallest absolute Gasteiger partial charge is 0.172 e. The number of benzene rings is 1. The number of hydrogen-bond acceptors (Lipinski definition) is 3. The summed E-state index contributed by atoms with van der Waals surface area (Å²) in [7, 11) is 0. The molecular formula is C15H14Br2ClNO2. The maximum Gasteiger partial charge on any atom is 0.172 e. The van der Waals surface area contributed by atoms with E-state index in [1.807, 2.05) is 26.0 Å². The lowest BCUT2D eigenvalue weighted by atomic mass is 10.0. The van der Waals surface area contributed by atoms with E-state index in [0.29, 0.717) is 16.4 Å². The van der Waals surface area contributed by atoms with Crippen molar-refractivity contribution in [1.29, 1.82) is 0 Å². The average Bonchev–Trinajstić information content (AvgIpc) is 2.45. The fourth-order valence-corrected chi connectivity index (χ4v) is 3.35. The molecule has 21 heavy (non-hydrogen) atoms. The quantitative estimate of drug-likeness (QED) is 0.590. The van der Waals surface area contributed by atoms with Gasteiger partial charge in [-0.05, 0) is 40.5 Å². The van der Waals surface area contributed by atoms with E-state index in [1.54, 1.807) is 6.07 Å². The Labute approximate surface area is 145 Å². The number of fused-ring (bicyclic) bond motifs is 1. The molecule has 6 heteroatoms. The molecule has 112 valence electrons. The number of pyridine rings is 1. The summed E-state index contributed by atoms with van der Waals surface area (Å²) < 4.78 is 7.32. The van der Waals surface area contributed by atoms with E-state index in [1.165, 1.54) is 0 Å². The summed E-state index contributed by atoms with van der Waals surface area (Å²) in [6, 6.07) is 5.46. The Morgan fingerprint density at radius 3 is 2.76 bits per heavy atom. The van der Waals surface area contributed by atoms with Gasteiger partial charge in [0, 0.05) is 15.8 Å². The minimum atomic E-state index is -0.0120. The van der Waals surface area contributed by atoms with E-state index >= 15 is 0 Å². The summed E-state index contributed by atoms with van der Waals surface area (Å²) in [5.41, 5.74) is 0.626. The number of rotatable bonds is 5. The van der Waals surface area contributed by atoms with Crippen LogP contribution in [0.4, 0.5) is 0 Å². The first kappa shape index (κ1) is 16.7. The maximum atomic E-state index is 11.9. The Bertz CT molecular complexity index is 691. The maximum absolute atomic E-state index is 11.9. The van der Waals surface area contributed by atoms with Crippen molar-refractivity contribution in [1.82, 2.24) is 4.98 Å². The van der Waals surface area contributed by atoms with Gasteiger partial charge in [-0.1, -0.05) is 41.4 Å². The van der Waals surface area contributed by atoms with Gasteiger partial charge < -0.3 is 4.74 Å². The van der Waals surface area contributed by atoms with Crippen LogP contribution in [0.1, 0.15) is 20.3 Å². The standard InChI is InChI=1S/C15H14Br2ClNO2/c1-3-8(2)12(20)7-21-15-11(17)6-10(16)9-4-5-13(18)19-14(9)15/h4-6,8H,3,7H2,1-2H3. The highest BCUT2D eigenvalue weighted by molar-refractivity contribution is 9.11. The van der Waals surface area contributed by atoms with Gasteiger partial charge in [0.05, 0.1) is 4.47 Å². The topological polar surface area (TPSA) is 39.2 Å². The molecule has 0 bridgehead atoms. The lowest BCUT2D eigenvalue weighted by Gasteiger charge is -2.13. The average molecular weight is 436 g/mol. The minimum absolute atomic E-state index is 0.0120. The molecule has 0 aliphatic heterocycles. The first-order chi connectivity index (χ1) is 9.93. The van der Waals surface area contributed by atoms with Gasteiger partial charge in [-0.25, -0.2) is 4.98 Å². The third kappa shape index (κ3) is 3.76.